The van der Waals surface area contributed by atoms with Gasteiger partial charge in [0.1, 0.15) is 0 Å². The Labute approximate surface area is 116 Å². The second-order valence-electron chi connectivity index (χ2n) is 4.99. The topological polar surface area (TPSA) is 62.4 Å². The molecule has 0 unspecified atom stereocenters. The van der Waals surface area contributed by atoms with E-state index in [0.717, 1.165) is 19.4 Å². The summed E-state index contributed by atoms with van der Waals surface area (Å²) in [6, 6.07) is 8.57. The largest absolute Gasteiger partial charge is 0.355 e. The third kappa shape index (κ3) is 5.75. The molecular weight excluding hydrogens is 236 g/mol. The van der Waals surface area contributed by atoms with Crippen LogP contribution in [0.1, 0.15) is 50.7 Å². The number of nitrogens with one attached hydrogen (secondary N) is 2. The van der Waals surface area contributed by atoms with Gasteiger partial charge in [0.15, 0.2) is 0 Å². The molecule has 0 radical (unpaired) electrons. The minimum absolute atomic E-state index is 0.564. The lowest BCUT2D eigenvalue weighted by atomic mass is 10.0. The summed E-state index contributed by atoms with van der Waals surface area (Å²) in [5, 5.41) is 3.18. The Morgan fingerprint density at radius 2 is 1.95 bits per heavy atom. The first-order chi connectivity index (χ1) is 9.17. The fraction of sp³-hybridized carbons (Fsp3) is 0.533. The molecule has 0 bridgehead atoms. The van der Waals surface area contributed by atoms with Gasteiger partial charge in [0.05, 0.1) is 6.54 Å². The van der Waals surface area contributed by atoms with E-state index in [9.17, 15) is 0 Å². The van der Waals surface area contributed by atoms with Crippen LogP contribution in [-0.2, 0) is 6.54 Å². The number of hydrazine groups is 1. The lowest BCUT2D eigenvalue weighted by molar-refractivity contribution is 0.732. The molecule has 0 spiro atoms. The Morgan fingerprint density at radius 3 is 2.47 bits per heavy atom. The van der Waals surface area contributed by atoms with E-state index in [0.29, 0.717) is 18.4 Å². The number of benzene rings is 1. The number of unbranched alkanes of at least 4 members (excludes halogenated alkanes) is 1. The van der Waals surface area contributed by atoms with Gasteiger partial charge in [0.2, 0.25) is 5.96 Å². The predicted molar refractivity (Wildman–Crippen MR) is 81.9 cm³/mol. The molecule has 0 amide bonds. The van der Waals surface area contributed by atoms with E-state index in [1.807, 2.05) is 0 Å². The molecule has 0 fully saturated rings. The number of rotatable bonds is 6. The quantitative estimate of drug-likeness (QED) is 0.243. The number of nitrogens with zero attached hydrogens (tertiary/aromatic N) is 1. The van der Waals surface area contributed by atoms with Gasteiger partial charge < -0.3 is 5.32 Å². The molecule has 19 heavy (non-hydrogen) atoms. The first-order valence-corrected chi connectivity index (χ1v) is 7.01. The molecule has 4 heteroatoms. The maximum atomic E-state index is 5.44. The van der Waals surface area contributed by atoms with E-state index >= 15 is 0 Å². The van der Waals surface area contributed by atoms with Crippen molar-refractivity contribution in [2.75, 3.05) is 6.54 Å². The summed E-state index contributed by atoms with van der Waals surface area (Å²) in [5.41, 5.74) is 5.14. The Morgan fingerprint density at radius 1 is 1.26 bits per heavy atom. The summed E-state index contributed by atoms with van der Waals surface area (Å²) in [4.78, 5) is 4.43. The minimum Gasteiger partial charge on any atom is -0.355 e. The van der Waals surface area contributed by atoms with Gasteiger partial charge in [-0.25, -0.2) is 10.8 Å². The minimum atomic E-state index is 0.564. The highest BCUT2D eigenvalue weighted by atomic mass is 15.3. The van der Waals surface area contributed by atoms with E-state index in [-0.39, 0.29) is 0 Å². The van der Waals surface area contributed by atoms with Crippen molar-refractivity contribution in [3.8, 4) is 0 Å². The van der Waals surface area contributed by atoms with Gasteiger partial charge in [0, 0.05) is 6.54 Å². The lowest BCUT2D eigenvalue weighted by Gasteiger charge is -2.09. The van der Waals surface area contributed by atoms with Gasteiger partial charge in [-0.2, -0.15) is 0 Å². The van der Waals surface area contributed by atoms with Crippen LogP contribution in [0.15, 0.2) is 29.3 Å². The summed E-state index contributed by atoms with van der Waals surface area (Å²) in [6.45, 7) is 8.08. The molecule has 1 rings (SSSR count). The van der Waals surface area contributed by atoms with E-state index < -0.39 is 0 Å². The van der Waals surface area contributed by atoms with Crippen LogP contribution in [0.3, 0.4) is 0 Å². The molecule has 0 saturated heterocycles. The van der Waals surface area contributed by atoms with E-state index in [2.05, 4.69) is 60.8 Å². The second kappa shape index (κ2) is 8.53. The van der Waals surface area contributed by atoms with Gasteiger partial charge in [0.25, 0.3) is 0 Å². The number of hydrogen-bond acceptors (Lipinski definition) is 2. The first-order valence-electron chi connectivity index (χ1n) is 7.01. The number of guanidine groups is 1. The highest BCUT2D eigenvalue weighted by molar-refractivity contribution is 5.79. The number of aliphatic imine (C=N–C) groups is 1. The summed E-state index contributed by atoms with van der Waals surface area (Å²) in [7, 11) is 0. The molecular formula is C15H26N4. The summed E-state index contributed by atoms with van der Waals surface area (Å²) in [6.07, 6.45) is 2.27. The van der Waals surface area contributed by atoms with Crippen LogP contribution in [0.25, 0.3) is 0 Å². The highest BCUT2D eigenvalue weighted by Gasteiger charge is 1.99. The summed E-state index contributed by atoms with van der Waals surface area (Å²) in [5.74, 6) is 6.66. The average molecular weight is 262 g/mol. The number of hydrogen-bond donors (Lipinski definition) is 3. The Kier molecular flexibility index (Phi) is 6.97. The van der Waals surface area contributed by atoms with Gasteiger partial charge in [-0.05, 0) is 23.5 Å². The maximum Gasteiger partial charge on any atom is 0.206 e. The first kappa shape index (κ1) is 15.5. The van der Waals surface area contributed by atoms with Crippen LogP contribution < -0.4 is 16.6 Å². The van der Waals surface area contributed by atoms with Gasteiger partial charge in [-0.15, -0.1) is 0 Å². The van der Waals surface area contributed by atoms with Crippen LogP contribution in [-0.4, -0.2) is 12.5 Å². The molecule has 0 atom stereocenters. The van der Waals surface area contributed by atoms with Crippen molar-refractivity contribution in [2.45, 2.75) is 46.1 Å². The molecule has 1 aromatic carbocycles. The standard InChI is InChI=1S/C15H26N4/c1-4-5-10-17-15(19-16)18-11-13-6-8-14(9-7-13)12(2)3/h6-9,12H,4-5,10-11,16H2,1-3H3,(H2,17,18,19). The molecule has 0 aliphatic carbocycles. The molecule has 0 aliphatic heterocycles. The van der Waals surface area contributed by atoms with Crippen LogP contribution in [0.5, 0.6) is 0 Å². The maximum absolute atomic E-state index is 5.44. The van der Waals surface area contributed by atoms with E-state index in [4.69, 9.17) is 5.84 Å². The van der Waals surface area contributed by atoms with Crippen molar-refractivity contribution in [3.63, 3.8) is 0 Å². The van der Waals surface area contributed by atoms with Crippen molar-refractivity contribution >= 4 is 5.96 Å². The molecule has 0 saturated carbocycles. The fourth-order valence-electron chi connectivity index (χ4n) is 1.71. The van der Waals surface area contributed by atoms with E-state index in [1.54, 1.807) is 0 Å². The third-order valence-corrected chi connectivity index (χ3v) is 3.03. The molecule has 0 heterocycles. The normalized spacial score (nSPS) is 11.7. The van der Waals surface area contributed by atoms with Crippen LogP contribution in [0.4, 0.5) is 0 Å². The SMILES string of the molecule is CCCCNC(=NCc1ccc(C(C)C)cc1)NN. The zero-order valence-electron chi connectivity index (χ0n) is 12.2. The van der Waals surface area contributed by atoms with Crippen molar-refractivity contribution in [1.29, 1.82) is 0 Å². The van der Waals surface area contributed by atoms with Crippen LogP contribution >= 0.6 is 0 Å². The third-order valence-electron chi connectivity index (χ3n) is 3.03. The highest BCUT2D eigenvalue weighted by Crippen LogP contribution is 2.14. The van der Waals surface area contributed by atoms with Gasteiger partial charge in [-0.1, -0.05) is 51.5 Å². The van der Waals surface area contributed by atoms with Crippen molar-refractivity contribution in [1.82, 2.24) is 10.7 Å². The van der Waals surface area contributed by atoms with Crippen molar-refractivity contribution in [3.05, 3.63) is 35.4 Å². The van der Waals surface area contributed by atoms with Crippen LogP contribution in [0.2, 0.25) is 0 Å². The molecule has 1 aromatic rings. The van der Waals surface area contributed by atoms with Gasteiger partial charge in [-0.3, -0.25) is 5.43 Å². The van der Waals surface area contributed by atoms with Crippen LogP contribution in [0, 0.1) is 0 Å². The zero-order valence-corrected chi connectivity index (χ0v) is 12.2. The Balaban J connectivity index is 2.52. The molecule has 4 N–H and O–H groups in total. The Hall–Kier alpha value is -1.55. The Bertz CT molecular complexity index is 382. The molecule has 106 valence electrons. The average Bonchev–Trinajstić information content (AvgIpc) is 2.43. The number of nitrogens with two attached hydrogens (primary N) is 1. The zero-order chi connectivity index (χ0) is 14.1. The second-order valence-corrected chi connectivity index (χ2v) is 4.99. The fourth-order valence-corrected chi connectivity index (χ4v) is 1.71. The van der Waals surface area contributed by atoms with Gasteiger partial charge >= 0.3 is 0 Å². The van der Waals surface area contributed by atoms with E-state index in [1.165, 1.54) is 11.1 Å². The van der Waals surface area contributed by atoms with Crippen molar-refractivity contribution < 1.29 is 0 Å². The van der Waals surface area contributed by atoms with Crippen molar-refractivity contribution in [2.24, 2.45) is 10.8 Å². The molecule has 0 aliphatic rings. The summed E-state index contributed by atoms with van der Waals surface area (Å²) >= 11 is 0. The smallest absolute Gasteiger partial charge is 0.206 e. The predicted octanol–water partition coefficient (Wildman–Crippen LogP) is 2.52. The molecule has 4 nitrogen and oxygen atoms in total. The molecule has 0 aromatic heterocycles. The summed E-state index contributed by atoms with van der Waals surface area (Å²) < 4.78 is 0. The lowest BCUT2D eigenvalue weighted by Crippen LogP contribution is -2.41. The monoisotopic (exact) mass is 262 g/mol.